The highest BCUT2D eigenvalue weighted by molar-refractivity contribution is 9.09. The molecule has 0 saturated carbocycles. The average Bonchev–Trinajstić information content (AvgIpc) is 2.32. The summed E-state index contributed by atoms with van der Waals surface area (Å²) in [6.07, 6.45) is 0. The molecule has 0 nitrogen and oxygen atoms in total. The number of rotatable bonds is 3. The van der Waals surface area contributed by atoms with Gasteiger partial charge in [0.25, 0.3) is 0 Å². The summed E-state index contributed by atoms with van der Waals surface area (Å²) in [6, 6.07) is 0. The van der Waals surface area contributed by atoms with Gasteiger partial charge in [-0.25, -0.2) is 0 Å². The van der Waals surface area contributed by atoms with E-state index in [0.29, 0.717) is 16.7 Å². The average molecular weight is 311 g/mol. The zero-order valence-electron chi connectivity index (χ0n) is 13.1. The summed E-state index contributed by atoms with van der Waals surface area (Å²) in [5.41, 5.74) is 8.79. The van der Waals surface area contributed by atoms with Crippen LogP contribution in [0.4, 0.5) is 0 Å². The van der Waals surface area contributed by atoms with Gasteiger partial charge < -0.3 is 0 Å². The molecule has 1 aromatic carbocycles. The van der Waals surface area contributed by atoms with Crippen LogP contribution in [0.15, 0.2) is 0 Å². The van der Waals surface area contributed by atoms with Gasteiger partial charge in [-0.2, -0.15) is 0 Å². The predicted octanol–water partition coefficient (Wildman–Crippen LogP) is 5.96. The van der Waals surface area contributed by atoms with Gasteiger partial charge in [-0.15, -0.1) is 0 Å². The van der Waals surface area contributed by atoms with Crippen LogP contribution < -0.4 is 0 Å². The maximum Gasteiger partial charge on any atom is 0.0428 e. The van der Waals surface area contributed by atoms with Crippen molar-refractivity contribution in [3.63, 3.8) is 0 Å². The van der Waals surface area contributed by atoms with Crippen LogP contribution in [0.25, 0.3) is 0 Å². The maximum absolute atomic E-state index is 3.95. The Kier molecular flexibility index (Phi) is 5.05. The SMILES string of the molecule is Cc1c(C)c(C)c(C(Br)C(C)C(C)C)c(C)c1C. The quantitative estimate of drug-likeness (QED) is 0.604. The lowest BCUT2D eigenvalue weighted by atomic mass is 9.83. The lowest BCUT2D eigenvalue weighted by molar-refractivity contribution is 0.413. The predicted molar refractivity (Wildman–Crippen MR) is 85.8 cm³/mol. The van der Waals surface area contributed by atoms with Crippen LogP contribution in [0.3, 0.4) is 0 Å². The molecule has 0 aliphatic carbocycles. The molecule has 0 spiro atoms. The molecule has 2 atom stereocenters. The molecule has 0 aliphatic rings. The van der Waals surface area contributed by atoms with Gasteiger partial charge in [-0.3, -0.25) is 0 Å². The van der Waals surface area contributed by atoms with Gasteiger partial charge in [0.2, 0.25) is 0 Å². The first-order valence-electron chi connectivity index (χ1n) is 6.91. The fraction of sp³-hybridized carbons (Fsp3) is 0.647. The van der Waals surface area contributed by atoms with Crippen LogP contribution in [0.1, 0.15) is 59.0 Å². The fourth-order valence-electron chi connectivity index (χ4n) is 2.54. The Morgan fingerprint density at radius 2 is 1.00 bits per heavy atom. The monoisotopic (exact) mass is 310 g/mol. The molecule has 1 aromatic rings. The first kappa shape index (κ1) is 15.8. The zero-order valence-corrected chi connectivity index (χ0v) is 14.7. The molecule has 0 amide bonds. The number of hydrogen-bond donors (Lipinski definition) is 0. The summed E-state index contributed by atoms with van der Waals surface area (Å²) in [5, 5.41) is 0. The standard InChI is InChI=1S/C17H27Br/c1-9(2)10(3)17(18)16-14(7)12(5)11(4)13(6)15(16)8/h9-10,17H,1-8H3. The molecule has 0 bridgehead atoms. The summed E-state index contributed by atoms with van der Waals surface area (Å²) in [7, 11) is 0. The second kappa shape index (κ2) is 5.77. The molecule has 0 heterocycles. The summed E-state index contributed by atoms with van der Waals surface area (Å²) in [6.45, 7) is 18.2. The second-order valence-electron chi connectivity index (χ2n) is 6.04. The summed E-state index contributed by atoms with van der Waals surface area (Å²) in [4.78, 5) is 0.454. The number of alkyl halides is 1. The summed E-state index contributed by atoms with van der Waals surface area (Å²) in [5.74, 6) is 1.33. The smallest absolute Gasteiger partial charge is 0.0428 e. The van der Waals surface area contributed by atoms with Gasteiger partial charge in [0, 0.05) is 4.83 Å². The summed E-state index contributed by atoms with van der Waals surface area (Å²) < 4.78 is 0. The summed E-state index contributed by atoms with van der Waals surface area (Å²) >= 11 is 3.95. The van der Waals surface area contributed by atoms with Crippen molar-refractivity contribution in [2.45, 2.75) is 60.2 Å². The highest BCUT2D eigenvalue weighted by atomic mass is 79.9. The Bertz CT molecular complexity index is 414. The van der Waals surface area contributed by atoms with Crippen molar-refractivity contribution in [2.24, 2.45) is 11.8 Å². The molecule has 0 aromatic heterocycles. The Morgan fingerprint density at radius 3 is 1.33 bits per heavy atom. The molecule has 2 unspecified atom stereocenters. The first-order chi connectivity index (χ1) is 8.20. The zero-order chi connectivity index (χ0) is 14.2. The van der Waals surface area contributed by atoms with Crippen molar-refractivity contribution < 1.29 is 0 Å². The molecule has 0 fully saturated rings. The Hall–Kier alpha value is -0.300. The molecule has 0 saturated heterocycles. The number of benzene rings is 1. The van der Waals surface area contributed by atoms with Gasteiger partial charge >= 0.3 is 0 Å². The third-order valence-corrected chi connectivity index (χ3v) is 6.14. The number of hydrogen-bond acceptors (Lipinski definition) is 0. The van der Waals surface area contributed by atoms with Crippen molar-refractivity contribution in [1.29, 1.82) is 0 Å². The fourth-order valence-corrected chi connectivity index (χ4v) is 3.84. The molecule has 102 valence electrons. The van der Waals surface area contributed by atoms with Crippen LogP contribution in [-0.2, 0) is 0 Å². The normalized spacial score (nSPS) is 15.0. The van der Waals surface area contributed by atoms with Crippen LogP contribution in [-0.4, -0.2) is 0 Å². The number of halogens is 1. The molecule has 1 heteroatoms. The minimum absolute atomic E-state index is 0.454. The second-order valence-corrected chi connectivity index (χ2v) is 7.03. The molecule has 0 N–H and O–H groups in total. The van der Waals surface area contributed by atoms with Gasteiger partial charge in [-0.1, -0.05) is 36.7 Å². The van der Waals surface area contributed by atoms with Gasteiger partial charge in [-0.05, 0) is 79.8 Å². The van der Waals surface area contributed by atoms with E-state index in [2.05, 4.69) is 71.3 Å². The maximum atomic E-state index is 3.95. The van der Waals surface area contributed by atoms with E-state index in [1.807, 2.05) is 0 Å². The van der Waals surface area contributed by atoms with E-state index >= 15 is 0 Å². The van der Waals surface area contributed by atoms with E-state index in [0.717, 1.165) is 0 Å². The van der Waals surface area contributed by atoms with Gasteiger partial charge in [0.1, 0.15) is 0 Å². The third-order valence-electron chi connectivity index (χ3n) is 4.85. The van der Waals surface area contributed by atoms with Crippen molar-refractivity contribution in [3.05, 3.63) is 33.4 Å². The Labute approximate surface area is 121 Å². The van der Waals surface area contributed by atoms with E-state index in [1.165, 1.54) is 33.4 Å². The Morgan fingerprint density at radius 1 is 0.667 bits per heavy atom. The minimum Gasteiger partial charge on any atom is -0.0836 e. The molecular formula is C17H27Br. The van der Waals surface area contributed by atoms with Crippen molar-refractivity contribution >= 4 is 15.9 Å². The molecular weight excluding hydrogens is 284 g/mol. The third kappa shape index (κ3) is 2.66. The van der Waals surface area contributed by atoms with Crippen molar-refractivity contribution in [2.75, 3.05) is 0 Å². The van der Waals surface area contributed by atoms with E-state index in [1.54, 1.807) is 0 Å². The molecule has 0 aliphatic heterocycles. The van der Waals surface area contributed by atoms with Crippen LogP contribution in [0, 0.1) is 46.5 Å². The van der Waals surface area contributed by atoms with Crippen molar-refractivity contribution in [3.8, 4) is 0 Å². The highest BCUT2D eigenvalue weighted by Gasteiger charge is 2.24. The van der Waals surface area contributed by atoms with E-state index in [-0.39, 0.29) is 0 Å². The molecule has 18 heavy (non-hydrogen) atoms. The lowest BCUT2D eigenvalue weighted by Crippen LogP contribution is -2.14. The Balaban J connectivity index is 3.42. The lowest BCUT2D eigenvalue weighted by Gasteiger charge is -2.28. The van der Waals surface area contributed by atoms with E-state index < -0.39 is 0 Å². The molecule has 1 rings (SSSR count). The van der Waals surface area contributed by atoms with Gasteiger partial charge in [0.05, 0.1) is 0 Å². The van der Waals surface area contributed by atoms with Crippen LogP contribution >= 0.6 is 15.9 Å². The highest BCUT2D eigenvalue weighted by Crippen LogP contribution is 2.41. The van der Waals surface area contributed by atoms with Crippen molar-refractivity contribution in [1.82, 2.24) is 0 Å². The topological polar surface area (TPSA) is 0 Å². The van der Waals surface area contributed by atoms with Crippen LogP contribution in [0.5, 0.6) is 0 Å². The van der Waals surface area contributed by atoms with Gasteiger partial charge in [0.15, 0.2) is 0 Å². The van der Waals surface area contributed by atoms with E-state index in [9.17, 15) is 0 Å². The first-order valence-corrected chi connectivity index (χ1v) is 7.82. The van der Waals surface area contributed by atoms with E-state index in [4.69, 9.17) is 0 Å². The largest absolute Gasteiger partial charge is 0.0836 e. The minimum atomic E-state index is 0.454. The van der Waals surface area contributed by atoms with Crippen LogP contribution in [0.2, 0.25) is 0 Å². The molecule has 0 radical (unpaired) electrons.